The summed E-state index contributed by atoms with van der Waals surface area (Å²) >= 11 is 0. The number of hydrogen-bond donors (Lipinski definition) is 1. The van der Waals surface area contributed by atoms with Crippen LogP contribution >= 0.6 is 0 Å². The number of fused-ring (bicyclic) bond motifs is 4. The van der Waals surface area contributed by atoms with Crippen LogP contribution in [0.25, 0.3) is 55.0 Å². The Hall–Kier alpha value is -5.90. The number of nitrogens with zero attached hydrogens (tertiary/aromatic N) is 6. The molecule has 0 aliphatic heterocycles. The number of aliphatic hydroxyl groups is 1. The molecule has 0 radical (unpaired) electrons. The maximum absolute atomic E-state index is 9.60. The van der Waals surface area contributed by atoms with Crippen molar-refractivity contribution in [3.05, 3.63) is 133 Å². The summed E-state index contributed by atoms with van der Waals surface area (Å²) in [5, 5.41) is 31.8. The van der Waals surface area contributed by atoms with E-state index in [1.807, 2.05) is 151 Å². The van der Waals surface area contributed by atoms with Crippen LogP contribution in [-0.2, 0) is 20.1 Å². The third-order valence-corrected chi connectivity index (χ3v) is 8.80. The quantitative estimate of drug-likeness (QED) is 0.0790. The first-order chi connectivity index (χ1) is 26.3. The molecular weight excluding hydrogens is 881 g/mol. The molecule has 0 saturated heterocycles. The molecule has 56 heavy (non-hydrogen) atoms. The van der Waals surface area contributed by atoms with E-state index >= 15 is 0 Å². The first kappa shape index (κ1) is 41.3. The average Bonchev–Trinajstić information content (AvgIpc) is 3.81. The van der Waals surface area contributed by atoms with Gasteiger partial charge in [0.1, 0.15) is 27.8 Å². The van der Waals surface area contributed by atoms with Crippen LogP contribution in [0.5, 0.6) is 11.5 Å². The van der Waals surface area contributed by atoms with Crippen molar-refractivity contribution in [3.63, 3.8) is 0 Å². The van der Waals surface area contributed by atoms with Gasteiger partial charge < -0.3 is 34.7 Å². The number of methoxy groups -OCH3 is 2. The van der Waals surface area contributed by atoms with Crippen LogP contribution < -0.4 is 9.47 Å². The van der Waals surface area contributed by atoms with Crippen LogP contribution in [0.1, 0.15) is 41.5 Å². The van der Waals surface area contributed by atoms with Crippen molar-refractivity contribution in [1.82, 2.24) is 30.0 Å². The molecule has 292 valence electrons. The molecule has 0 saturated carbocycles. The molecule has 8 aromatic rings. The molecular formula is C45H45IrN6O4-4. The minimum atomic E-state index is -0.306. The minimum absolute atomic E-state index is 0. The summed E-state index contributed by atoms with van der Waals surface area (Å²) in [7, 11) is 3.32. The fourth-order valence-corrected chi connectivity index (χ4v) is 5.54. The standard InChI is InChI=1S/2C17H12N3O.C11H20O2.Ir/c2*1-21-17-11-10-16(12-6-2-3-7-13(12)17)20-18-14-8-4-5-9-15(14)19-20;1-10(2,3)8(12)7-9(13)11(4,5)6;/h2*2-9,11H,1H3;7,12H,1-6H3;/q2*-1;;-3/p+1. The number of rotatable bonds is 5. The van der Waals surface area contributed by atoms with Gasteiger partial charge in [0.25, 0.3) is 0 Å². The molecule has 2 heterocycles. The molecule has 10 nitrogen and oxygen atoms in total. The zero-order valence-corrected chi connectivity index (χ0v) is 35.1. The van der Waals surface area contributed by atoms with E-state index in [-0.39, 0.29) is 42.5 Å². The number of hydrogen-bond acceptors (Lipinski definition) is 7. The van der Waals surface area contributed by atoms with Crippen molar-refractivity contribution in [2.75, 3.05) is 14.2 Å². The fraction of sp³-hybridized carbons (Fsp3) is 0.222. The number of ether oxygens (including phenoxy) is 2. The van der Waals surface area contributed by atoms with Gasteiger partial charge in [-0.05, 0) is 56.4 Å². The van der Waals surface area contributed by atoms with Crippen LogP contribution in [0.4, 0.5) is 0 Å². The summed E-state index contributed by atoms with van der Waals surface area (Å²) in [4.78, 5) is 12.9. The van der Waals surface area contributed by atoms with Crippen molar-refractivity contribution in [2.24, 2.45) is 10.8 Å². The van der Waals surface area contributed by atoms with Crippen LogP contribution in [0, 0.1) is 23.0 Å². The van der Waals surface area contributed by atoms with Crippen LogP contribution in [0.3, 0.4) is 0 Å². The van der Waals surface area contributed by atoms with Crippen molar-refractivity contribution < 1.29 is 39.5 Å². The molecule has 0 bridgehead atoms. The Morgan fingerprint density at radius 2 is 0.893 bits per heavy atom. The number of ketones is 1. The second-order valence-corrected chi connectivity index (χ2v) is 14.9. The van der Waals surface area contributed by atoms with Gasteiger partial charge in [0.05, 0.1) is 25.7 Å². The Balaban J connectivity index is 0.000000165. The van der Waals surface area contributed by atoms with Crippen LogP contribution in [0.2, 0.25) is 0 Å². The normalized spacial score (nSPS) is 11.7. The van der Waals surface area contributed by atoms with Crippen LogP contribution in [-0.4, -0.2) is 59.9 Å². The third kappa shape index (κ3) is 9.13. The van der Waals surface area contributed by atoms with E-state index in [0.717, 1.165) is 66.5 Å². The van der Waals surface area contributed by atoms with Crippen molar-refractivity contribution >= 4 is 49.4 Å². The SMILES string of the molecule is CC(C)(C)C(=[OH+])C=C(O)C(C)(C)C.COc1c[c-]c(-n2nc3ccccc3n2)c2ccccc12.COc1c[c-]c(-n2nc3ccccc3n2)c2ccccc12.[Ir-3]. The van der Waals surface area contributed by atoms with E-state index in [4.69, 9.17) is 9.47 Å². The molecule has 2 N–H and O–H groups in total. The zero-order valence-electron chi connectivity index (χ0n) is 32.7. The molecule has 6 aromatic carbocycles. The van der Waals surface area contributed by atoms with E-state index in [9.17, 15) is 9.90 Å². The summed E-state index contributed by atoms with van der Waals surface area (Å²) in [6.07, 6.45) is 1.44. The molecule has 0 unspecified atom stereocenters. The first-order valence-corrected chi connectivity index (χ1v) is 17.9. The van der Waals surface area contributed by atoms with Gasteiger partial charge in [-0.15, -0.1) is 24.3 Å². The van der Waals surface area contributed by atoms with E-state index in [0.29, 0.717) is 0 Å². The summed E-state index contributed by atoms with van der Waals surface area (Å²) in [6.45, 7) is 11.4. The Morgan fingerprint density at radius 3 is 1.20 bits per heavy atom. The van der Waals surface area contributed by atoms with Gasteiger partial charge in [-0.25, -0.2) is 0 Å². The number of carbonyl (C=O) groups excluding carboxylic acids is 1. The van der Waals surface area contributed by atoms with Gasteiger partial charge in [-0.2, -0.15) is 42.1 Å². The topological polar surface area (TPSA) is 122 Å². The second-order valence-electron chi connectivity index (χ2n) is 14.9. The molecule has 11 heteroatoms. The zero-order chi connectivity index (χ0) is 39.3. The number of benzene rings is 6. The van der Waals surface area contributed by atoms with Crippen molar-refractivity contribution in [1.29, 1.82) is 0 Å². The Morgan fingerprint density at radius 1 is 0.571 bits per heavy atom. The number of aromatic nitrogens is 6. The van der Waals surface area contributed by atoms with E-state index < -0.39 is 0 Å². The first-order valence-electron chi connectivity index (χ1n) is 17.9. The summed E-state index contributed by atoms with van der Waals surface area (Å²) in [5.41, 5.74) is 4.50. The number of allylic oxidation sites excluding steroid dienone is 2. The Bertz CT molecular complexity index is 2430. The van der Waals surface area contributed by atoms with Crippen molar-refractivity contribution in [2.45, 2.75) is 41.5 Å². The summed E-state index contributed by atoms with van der Waals surface area (Å²) < 4.78 is 10.8. The molecule has 0 aliphatic rings. The largest absolute Gasteiger partial charge is 3.00 e. The van der Waals surface area contributed by atoms with Gasteiger partial charge in [0.2, 0.25) is 0 Å². The van der Waals surface area contributed by atoms with Gasteiger partial charge in [-0.3, -0.25) is 4.79 Å². The van der Waals surface area contributed by atoms with E-state index in [1.165, 1.54) is 6.08 Å². The van der Waals surface area contributed by atoms with Gasteiger partial charge >= 0.3 is 5.78 Å². The third-order valence-electron chi connectivity index (χ3n) is 8.80. The minimum Gasteiger partial charge on any atom is -3.00 e. The maximum Gasteiger partial charge on any atom is 0.325 e. The predicted molar refractivity (Wildman–Crippen MR) is 220 cm³/mol. The van der Waals surface area contributed by atoms with E-state index in [2.05, 4.69) is 32.5 Å². The fourth-order valence-electron chi connectivity index (χ4n) is 5.54. The monoisotopic (exact) mass is 926 g/mol. The maximum atomic E-state index is 9.60. The molecule has 0 spiro atoms. The second kappa shape index (κ2) is 17.3. The van der Waals surface area contributed by atoms with Gasteiger partial charge in [0.15, 0.2) is 0 Å². The van der Waals surface area contributed by atoms with Gasteiger partial charge in [-0.1, -0.05) is 103 Å². The Labute approximate surface area is 340 Å². The number of aliphatic hydroxyl groups excluding tert-OH is 1. The summed E-state index contributed by atoms with van der Waals surface area (Å²) in [6, 6.07) is 41.8. The molecule has 8 rings (SSSR count). The average molecular weight is 926 g/mol. The van der Waals surface area contributed by atoms with Crippen molar-refractivity contribution in [3.8, 4) is 22.9 Å². The molecule has 2 aromatic heterocycles. The predicted octanol–water partition coefficient (Wildman–Crippen LogP) is 9.83. The van der Waals surface area contributed by atoms with E-state index in [1.54, 1.807) is 23.8 Å². The molecule has 0 fully saturated rings. The summed E-state index contributed by atoms with van der Waals surface area (Å²) in [5.74, 6) is 2.01. The smallest absolute Gasteiger partial charge is 0.325 e. The molecule has 0 aliphatic carbocycles. The van der Waals surface area contributed by atoms with Gasteiger partial charge in [0, 0.05) is 16.9 Å². The van der Waals surface area contributed by atoms with Crippen LogP contribution in [0.15, 0.2) is 121 Å². The molecule has 0 atom stereocenters. The molecule has 0 amide bonds. The Kier molecular flexibility index (Phi) is 12.7.